The molecule has 0 saturated heterocycles. The largest absolute Gasteiger partial charge is 0.183 e. The predicted octanol–water partition coefficient (Wildman–Crippen LogP) is 5.30. The van der Waals surface area contributed by atoms with Crippen molar-refractivity contribution < 1.29 is 0 Å². The van der Waals surface area contributed by atoms with Gasteiger partial charge in [0.05, 0.1) is 0 Å². The van der Waals surface area contributed by atoms with Gasteiger partial charge in [-0.2, -0.15) is 5.26 Å². The zero-order chi connectivity index (χ0) is 15.6. The Labute approximate surface area is 135 Å². The van der Waals surface area contributed by atoms with Gasteiger partial charge in [0.2, 0.25) is 0 Å². The number of hydrogen-bond donors (Lipinski definition) is 0. The molecule has 0 atom stereocenters. The van der Waals surface area contributed by atoms with Gasteiger partial charge in [-0.3, -0.25) is 0 Å². The minimum absolute atomic E-state index is 0.466. The summed E-state index contributed by atoms with van der Waals surface area (Å²) < 4.78 is 0. The molecule has 0 spiro atoms. The second-order valence-corrected chi connectivity index (χ2v) is 6.56. The van der Waals surface area contributed by atoms with Crippen LogP contribution < -0.4 is 0 Å². The molecule has 0 bridgehead atoms. The standard InChI is InChI=1S/C21H27N/c1-2-3-5-18-7-11-20(12-8-18)15-16-21-13-9-19(10-14-21)6-4-17-22/h7-8,11-12,19,21H,2-3,5,9-10,13-16H2,1H3/t19-,21-. The van der Waals surface area contributed by atoms with Crippen molar-refractivity contribution in [2.45, 2.75) is 64.7 Å². The number of nitriles is 1. The Morgan fingerprint density at radius 2 is 1.64 bits per heavy atom. The molecule has 22 heavy (non-hydrogen) atoms. The van der Waals surface area contributed by atoms with Crippen molar-refractivity contribution in [2.75, 3.05) is 0 Å². The highest BCUT2D eigenvalue weighted by atomic mass is 14.2. The van der Waals surface area contributed by atoms with Crippen LogP contribution in [0.2, 0.25) is 0 Å². The smallest absolute Gasteiger partial charge is 0.152 e. The van der Waals surface area contributed by atoms with Crippen molar-refractivity contribution in [1.82, 2.24) is 0 Å². The molecule has 1 nitrogen and oxygen atoms in total. The molecule has 1 fully saturated rings. The molecule has 1 aliphatic rings. The first-order chi connectivity index (χ1) is 10.8. The van der Waals surface area contributed by atoms with Gasteiger partial charge < -0.3 is 0 Å². The van der Waals surface area contributed by atoms with E-state index in [4.69, 9.17) is 5.26 Å². The third-order valence-electron chi connectivity index (χ3n) is 4.86. The molecule has 1 aliphatic carbocycles. The number of benzene rings is 1. The van der Waals surface area contributed by atoms with Crippen molar-refractivity contribution in [3.05, 3.63) is 35.4 Å². The van der Waals surface area contributed by atoms with E-state index in [1.807, 2.05) is 6.07 Å². The van der Waals surface area contributed by atoms with Crippen molar-refractivity contribution in [2.24, 2.45) is 11.8 Å². The molecule has 1 heteroatoms. The zero-order valence-corrected chi connectivity index (χ0v) is 13.8. The van der Waals surface area contributed by atoms with Crippen LogP contribution in [0.1, 0.15) is 63.0 Å². The van der Waals surface area contributed by atoms with Gasteiger partial charge >= 0.3 is 0 Å². The molecule has 0 amide bonds. The molecule has 1 aromatic rings. The molecule has 2 rings (SSSR count). The van der Waals surface area contributed by atoms with Crippen LogP contribution in [0.3, 0.4) is 0 Å². The molecule has 0 unspecified atom stereocenters. The van der Waals surface area contributed by atoms with E-state index in [0.717, 1.165) is 5.92 Å². The van der Waals surface area contributed by atoms with Crippen LogP contribution in [0, 0.1) is 35.0 Å². The fourth-order valence-corrected chi connectivity index (χ4v) is 3.35. The summed E-state index contributed by atoms with van der Waals surface area (Å²) in [4.78, 5) is 0. The van der Waals surface area contributed by atoms with Crippen LogP contribution in [0.5, 0.6) is 0 Å². The van der Waals surface area contributed by atoms with Gasteiger partial charge in [-0.25, -0.2) is 0 Å². The van der Waals surface area contributed by atoms with Gasteiger partial charge in [0.25, 0.3) is 0 Å². The summed E-state index contributed by atoms with van der Waals surface area (Å²) in [5, 5.41) is 8.50. The lowest BCUT2D eigenvalue weighted by Gasteiger charge is -2.25. The Hall–Kier alpha value is -1.73. The minimum atomic E-state index is 0.466. The van der Waals surface area contributed by atoms with E-state index in [1.54, 1.807) is 0 Å². The predicted molar refractivity (Wildman–Crippen MR) is 92.2 cm³/mol. The van der Waals surface area contributed by atoms with Crippen molar-refractivity contribution in [1.29, 1.82) is 5.26 Å². The average molecular weight is 293 g/mol. The first-order valence-corrected chi connectivity index (χ1v) is 8.79. The molecule has 0 N–H and O–H groups in total. The number of hydrogen-bond acceptors (Lipinski definition) is 1. The molecular formula is C21H27N. The lowest BCUT2D eigenvalue weighted by molar-refractivity contribution is 0.302. The highest BCUT2D eigenvalue weighted by Crippen LogP contribution is 2.31. The van der Waals surface area contributed by atoms with Crippen molar-refractivity contribution in [3.8, 4) is 17.9 Å². The molecule has 0 radical (unpaired) electrons. The first kappa shape index (κ1) is 16.6. The summed E-state index contributed by atoms with van der Waals surface area (Å²) in [6.45, 7) is 2.25. The number of unbranched alkanes of at least 4 members (excludes halogenated alkanes) is 1. The summed E-state index contributed by atoms with van der Waals surface area (Å²) in [5.41, 5.74) is 2.95. The zero-order valence-electron chi connectivity index (χ0n) is 13.8. The monoisotopic (exact) mass is 293 g/mol. The van der Waals surface area contributed by atoms with Crippen LogP contribution in [0.25, 0.3) is 0 Å². The van der Waals surface area contributed by atoms with E-state index in [9.17, 15) is 0 Å². The normalized spacial score (nSPS) is 20.7. The summed E-state index contributed by atoms with van der Waals surface area (Å²) in [7, 11) is 0. The van der Waals surface area contributed by atoms with Crippen LogP contribution >= 0.6 is 0 Å². The van der Waals surface area contributed by atoms with E-state index < -0.39 is 0 Å². The van der Waals surface area contributed by atoms with Gasteiger partial charge in [0, 0.05) is 11.8 Å². The highest BCUT2D eigenvalue weighted by molar-refractivity contribution is 5.23. The Morgan fingerprint density at radius 1 is 1.00 bits per heavy atom. The van der Waals surface area contributed by atoms with Crippen LogP contribution in [0.4, 0.5) is 0 Å². The topological polar surface area (TPSA) is 23.8 Å². The van der Waals surface area contributed by atoms with E-state index in [0.29, 0.717) is 5.92 Å². The molecule has 1 aromatic carbocycles. The van der Waals surface area contributed by atoms with Gasteiger partial charge in [-0.1, -0.05) is 43.5 Å². The second kappa shape index (κ2) is 9.32. The lowest BCUT2D eigenvalue weighted by atomic mass is 9.80. The number of aryl methyl sites for hydroxylation is 2. The maximum Gasteiger partial charge on any atom is 0.152 e. The SMILES string of the molecule is CCCCc1ccc(CC[C@H]2CC[C@H](C#CC#N)CC2)cc1. The molecule has 0 aliphatic heterocycles. The van der Waals surface area contributed by atoms with Gasteiger partial charge in [0.15, 0.2) is 6.07 Å². The quantitative estimate of drug-likeness (QED) is 0.653. The van der Waals surface area contributed by atoms with E-state index in [1.165, 1.54) is 68.9 Å². The number of nitrogens with zero attached hydrogens (tertiary/aromatic N) is 1. The van der Waals surface area contributed by atoms with Crippen LogP contribution in [-0.4, -0.2) is 0 Å². The maximum atomic E-state index is 8.50. The molecule has 1 saturated carbocycles. The summed E-state index contributed by atoms with van der Waals surface area (Å²) in [5.74, 6) is 6.96. The minimum Gasteiger partial charge on any atom is -0.183 e. The summed E-state index contributed by atoms with van der Waals surface area (Å²) >= 11 is 0. The van der Waals surface area contributed by atoms with E-state index in [2.05, 4.69) is 43.0 Å². The Morgan fingerprint density at radius 3 is 2.23 bits per heavy atom. The highest BCUT2D eigenvalue weighted by Gasteiger charge is 2.19. The van der Waals surface area contributed by atoms with Crippen molar-refractivity contribution >= 4 is 0 Å². The first-order valence-electron chi connectivity index (χ1n) is 8.79. The average Bonchev–Trinajstić information content (AvgIpc) is 2.58. The van der Waals surface area contributed by atoms with E-state index >= 15 is 0 Å². The van der Waals surface area contributed by atoms with Crippen LogP contribution in [0.15, 0.2) is 24.3 Å². The summed E-state index contributed by atoms with van der Waals surface area (Å²) in [6, 6.07) is 11.2. The Balaban J connectivity index is 1.71. The van der Waals surface area contributed by atoms with Crippen molar-refractivity contribution in [3.63, 3.8) is 0 Å². The molecular weight excluding hydrogens is 266 g/mol. The van der Waals surface area contributed by atoms with Gasteiger partial charge in [0.1, 0.15) is 0 Å². The number of rotatable bonds is 6. The molecule has 0 aromatic heterocycles. The lowest BCUT2D eigenvalue weighted by Crippen LogP contribution is -2.14. The summed E-state index contributed by atoms with van der Waals surface area (Å²) in [6.07, 6.45) is 11.2. The maximum absolute atomic E-state index is 8.50. The fourth-order valence-electron chi connectivity index (χ4n) is 3.35. The Bertz CT molecular complexity index is 530. The second-order valence-electron chi connectivity index (χ2n) is 6.56. The molecule has 116 valence electrons. The van der Waals surface area contributed by atoms with Crippen LogP contribution in [-0.2, 0) is 12.8 Å². The third-order valence-corrected chi connectivity index (χ3v) is 4.86. The van der Waals surface area contributed by atoms with E-state index in [-0.39, 0.29) is 0 Å². The van der Waals surface area contributed by atoms with Gasteiger partial charge in [-0.15, -0.1) is 0 Å². The fraction of sp³-hybridized carbons (Fsp3) is 0.571. The van der Waals surface area contributed by atoms with Gasteiger partial charge in [-0.05, 0) is 68.4 Å². The molecule has 0 heterocycles. The Kier molecular flexibility index (Phi) is 7.05. The third kappa shape index (κ3) is 5.57.